The Morgan fingerprint density at radius 2 is 0.592 bits per heavy atom. The van der Waals surface area contributed by atoms with Crippen LogP contribution in [0.4, 0.5) is 0 Å². The summed E-state index contributed by atoms with van der Waals surface area (Å²) in [5, 5.41) is 3.98. The Bertz CT molecular complexity index is 2690. The maximum atomic E-state index is 4.32. The highest BCUT2D eigenvalue weighted by atomic mass is 14.8. The van der Waals surface area contributed by atoms with Gasteiger partial charge in [0.1, 0.15) is 0 Å². The normalized spacial score (nSPS) is 12.8. The van der Waals surface area contributed by atoms with Gasteiger partial charge in [-0.2, -0.15) is 0 Å². The molecule has 1 aliphatic rings. The van der Waals surface area contributed by atoms with Crippen LogP contribution in [0.5, 0.6) is 0 Å². The van der Waals surface area contributed by atoms with E-state index in [2.05, 4.69) is 139 Å². The molecule has 49 heavy (non-hydrogen) atoms. The van der Waals surface area contributed by atoms with Crippen LogP contribution >= 0.6 is 0 Å². The van der Waals surface area contributed by atoms with Crippen molar-refractivity contribution < 1.29 is 0 Å². The number of pyridine rings is 3. The van der Waals surface area contributed by atoms with E-state index in [1.54, 1.807) is 0 Å². The Hall–Kier alpha value is -6.73. The second-order valence-electron chi connectivity index (χ2n) is 12.2. The largest absolute Gasteiger partial charge is 0.354 e. The Morgan fingerprint density at radius 3 is 0.898 bits per heavy atom. The standard InChI is InChI=1S/C42H31N7/c1-26-2-4-27(5-3-26)39-31-6-8-33(46-31)40(28-14-20-43-21-15-28)35-10-12-37(48-35)42(30-18-24-45-25-19-30)38-13-11-36(49-38)41(29-16-22-44-23-17-29)34-9-7-32(39)47-34/h2-25,46-49H,1H3. The van der Waals surface area contributed by atoms with Gasteiger partial charge in [0.25, 0.3) is 0 Å². The van der Waals surface area contributed by atoms with E-state index in [1.165, 1.54) is 5.56 Å². The van der Waals surface area contributed by atoms with E-state index in [4.69, 9.17) is 0 Å². The third-order valence-electron chi connectivity index (χ3n) is 9.15. The average molecular weight is 634 g/mol. The fourth-order valence-electron chi connectivity index (χ4n) is 6.85. The monoisotopic (exact) mass is 633 g/mol. The van der Waals surface area contributed by atoms with Gasteiger partial charge in [0.2, 0.25) is 0 Å². The van der Waals surface area contributed by atoms with Gasteiger partial charge in [0.05, 0.1) is 0 Å². The van der Waals surface area contributed by atoms with Gasteiger partial charge in [-0.1, -0.05) is 29.8 Å². The highest BCUT2D eigenvalue weighted by molar-refractivity contribution is 5.84. The molecule has 7 heteroatoms. The minimum Gasteiger partial charge on any atom is -0.354 e. The second kappa shape index (κ2) is 11.8. The van der Waals surface area contributed by atoms with Crippen LogP contribution < -0.4 is 21.4 Å². The maximum absolute atomic E-state index is 4.32. The van der Waals surface area contributed by atoms with Crippen molar-refractivity contribution in [3.05, 3.63) is 218 Å². The fourth-order valence-corrected chi connectivity index (χ4v) is 6.85. The molecule has 0 saturated carbocycles. The SMILES string of the molecule is Cc1ccc(C2=c3ccc([nH]3)=C(c3ccncc3)c3ccc([nH]3)C(c3ccncc3)=c3ccc([nH]3)=C(c3ccncc3)c3ccc2[nH]3)cc1. The molecule has 0 unspecified atom stereocenters. The van der Waals surface area contributed by atoms with Gasteiger partial charge in [0.15, 0.2) is 0 Å². The Labute approximate surface area is 281 Å². The van der Waals surface area contributed by atoms with Gasteiger partial charge < -0.3 is 19.9 Å². The molecule has 0 spiro atoms. The third kappa shape index (κ3) is 5.14. The summed E-state index contributed by atoms with van der Waals surface area (Å²) in [5.74, 6) is 0. The number of hydrogen-bond donors (Lipinski definition) is 4. The van der Waals surface area contributed by atoms with Crippen LogP contribution in [0.15, 0.2) is 146 Å². The topological polar surface area (TPSA) is 102 Å². The molecule has 1 aliphatic heterocycles. The molecule has 0 atom stereocenters. The van der Waals surface area contributed by atoms with Gasteiger partial charge in [-0.25, -0.2) is 0 Å². The predicted octanol–water partition coefficient (Wildman–Crippen LogP) is 4.80. The molecule has 4 N–H and O–H groups in total. The van der Waals surface area contributed by atoms with Gasteiger partial charge in [-0.05, 0) is 114 Å². The van der Waals surface area contributed by atoms with Crippen molar-refractivity contribution in [1.29, 1.82) is 0 Å². The minimum absolute atomic E-state index is 0.986. The molecule has 234 valence electrons. The number of fused-ring (bicyclic) bond motifs is 8. The second-order valence-corrected chi connectivity index (χ2v) is 12.2. The number of hydrogen-bond acceptors (Lipinski definition) is 3. The zero-order valence-corrected chi connectivity index (χ0v) is 26.7. The van der Waals surface area contributed by atoms with E-state index in [9.17, 15) is 0 Å². The number of aromatic nitrogens is 7. The first-order valence-electron chi connectivity index (χ1n) is 16.2. The number of nitrogens with zero attached hydrogens (tertiary/aromatic N) is 3. The lowest BCUT2D eigenvalue weighted by Crippen LogP contribution is -2.19. The van der Waals surface area contributed by atoms with Crippen molar-refractivity contribution in [2.75, 3.05) is 0 Å². The predicted molar refractivity (Wildman–Crippen MR) is 192 cm³/mol. The summed E-state index contributed by atoms with van der Waals surface area (Å²) < 4.78 is 0. The van der Waals surface area contributed by atoms with Crippen LogP contribution in [-0.2, 0) is 0 Å². The van der Waals surface area contributed by atoms with Crippen LogP contribution in [0.25, 0.3) is 22.3 Å². The van der Waals surface area contributed by atoms with Gasteiger partial charge >= 0.3 is 0 Å². The average Bonchev–Trinajstić information content (AvgIpc) is 3.98. The Balaban J connectivity index is 1.44. The number of aromatic amines is 4. The lowest BCUT2D eigenvalue weighted by Gasteiger charge is -2.09. The third-order valence-corrected chi connectivity index (χ3v) is 9.15. The maximum Gasteiger partial charge on any atom is 0.0485 e. The quantitative estimate of drug-likeness (QED) is 0.224. The van der Waals surface area contributed by atoms with Crippen LogP contribution in [0, 0.1) is 6.92 Å². The van der Waals surface area contributed by atoms with E-state index in [0.29, 0.717) is 0 Å². The Morgan fingerprint density at radius 1 is 0.306 bits per heavy atom. The smallest absolute Gasteiger partial charge is 0.0485 e. The molecule has 0 amide bonds. The molecule has 7 nitrogen and oxygen atoms in total. The van der Waals surface area contributed by atoms with Crippen LogP contribution in [0.2, 0.25) is 0 Å². The van der Waals surface area contributed by atoms with E-state index in [0.717, 1.165) is 88.7 Å². The van der Waals surface area contributed by atoms with Crippen molar-refractivity contribution in [2.24, 2.45) is 0 Å². The van der Waals surface area contributed by atoms with E-state index in [1.807, 2.05) is 49.3 Å². The lowest BCUT2D eigenvalue weighted by atomic mass is 10.0. The molecule has 0 fully saturated rings. The van der Waals surface area contributed by atoms with E-state index >= 15 is 0 Å². The number of nitrogens with one attached hydrogen (secondary N) is 4. The van der Waals surface area contributed by atoms with Crippen molar-refractivity contribution in [1.82, 2.24) is 34.9 Å². The molecule has 8 heterocycles. The summed E-state index contributed by atoms with van der Waals surface area (Å²) in [6.07, 6.45) is 11.0. The number of rotatable bonds is 4. The summed E-state index contributed by atoms with van der Waals surface area (Å²) in [5.41, 5.74) is 13.7. The van der Waals surface area contributed by atoms with Crippen molar-refractivity contribution >= 4 is 22.3 Å². The molecule has 1 aromatic carbocycles. The van der Waals surface area contributed by atoms with Crippen LogP contribution in [0.3, 0.4) is 0 Å². The van der Waals surface area contributed by atoms with E-state index in [-0.39, 0.29) is 0 Å². The van der Waals surface area contributed by atoms with Crippen LogP contribution in [0.1, 0.15) is 50.6 Å². The summed E-state index contributed by atoms with van der Waals surface area (Å²) in [4.78, 5) is 28.2. The molecule has 0 radical (unpaired) electrons. The fraction of sp³-hybridized carbons (Fsp3) is 0.0238. The zero-order chi connectivity index (χ0) is 32.7. The van der Waals surface area contributed by atoms with Crippen LogP contribution in [-0.4, -0.2) is 34.9 Å². The molecule has 8 aromatic rings. The number of benzene rings is 1. The molecular weight excluding hydrogens is 603 g/mol. The molecule has 8 bridgehead atoms. The molecule has 0 aliphatic carbocycles. The summed E-state index contributed by atoms with van der Waals surface area (Å²) >= 11 is 0. The highest BCUT2D eigenvalue weighted by Crippen LogP contribution is 2.27. The summed E-state index contributed by atoms with van der Waals surface area (Å²) in [6, 6.07) is 38.3. The van der Waals surface area contributed by atoms with Gasteiger partial charge in [-0.15, -0.1) is 0 Å². The van der Waals surface area contributed by atoms with Crippen molar-refractivity contribution in [3.8, 4) is 0 Å². The van der Waals surface area contributed by atoms with Crippen molar-refractivity contribution in [2.45, 2.75) is 6.92 Å². The van der Waals surface area contributed by atoms with Gasteiger partial charge in [0, 0.05) is 104 Å². The minimum atomic E-state index is 0.986. The highest BCUT2D eigenvalue weighted by Gasteiger charge is 2.18. The molecular formula is C42H31N7. The summed E-state index contributed by atoms with van der Waals surface area (Å²) in [6.45, 7) is 2.12. The lowest BCUT2D eigenvalue weighted by molar-refractivity contribution is 1.18. The zero-order valence-electron chi connectivity index (χ0n) is 26.7. The molecule has 9 rings (SSSR count). The van der Waals surface area contributed by atoms with Gasteiger partial charge in [-0.3, -0.25) is 15.0 Å². The molecule has 7 aromatic heterocycles. The number of aryl methyl sites for hydroxylation is 1. The van der Waals surface area contributed by atoms with E-state index < -0.39 is 0 Å². The van der Waals surface area contributed by atoms with Crippen molar-refractivity contribution in [3.63, 3.8) is 0 Å². The molecule has 0 saturated heterocycles. The first-order chi connectivity index (χ1) is 24.2. The Kier molecular flexibility index (Phi) is 6.87. The summed E-state index contributed by atoms with van der Waals surface area (Å²) in [7, 11) is 0. The first kappa shape index (κ1) is 28.5. The first-order valence-corrected chi connectivity index (χ1v) is 16.2. The number of H-pyrrole nitrogens is 4.